The lowest BCUT2D eigenvalue weighted by Crippen LogP contribution is -2.46. The zero-order chi connectivity index (χ0) is 19.9. The molecule has 2 heterocycles. The van der Waals surface area contributed by atoms with Crippen molar-refractivity contribution in [3.63, 3.8) is 0 Å². The van der Waals surface area contributed by atoms with Crippen LogP contribution >= 0.6 is 0 Å². The predicted octanol–water partition coefficient (Wildman–Crippen LogP) is 1.53. The molecule has 1 fully saturated rings. The molecule has 2 unspecified atom stereocenters. The van der Waals surface area contributed by atoms with Crippen LogP contribution < -0.4 is 10.9 Å². The lowest BCUT2D eigenvalue weighted by Gasteiger charge is -2.35. The van der Waals surface area contributed by atoms with Gasteiger partial charge in [-0.25, -0.2) is 4.68 Å². The molecule has 7 heteroatoms. The molecular formula is C21H28N4O3. The van der Waals surface area contributed by atoms with Gasteiger partial charge in [0, 0.05) is 37.8 Å². The number of hydrogen-bond donors (Lipinski definition) is 1. The molecule has 1 aliphatic heterocycles. The van der Waals surface area contributed by atoms with Crippen LogP contribution in [0.4, 0.5) is 0 Å². The van der Waals surface area contributed by atoms with Gasteiger partial charge in [0.1, 0.15) is 6.54 Å². The minimum absolute atomic E-state index is 0.0782. The molecule has 7 nitrogen and oxygen atoms in total. The van der Waals surface area contributed by atoms with Crippen molar-refractivity contribution >= 4 is 5.91 Å². The number of amides is 1. The van der Waals surface area contributed by atoms with E-state index in [0.29, 0.717) is 12.2 Å². The van der Waals surface area contributed by atoms with E-state index in [0.717, 1.165) is 31.6 Å². The minimum atomic E-state index is -0.286. The van der Waals surface area contributed by atoms with Gasteiger partial charge in [-0.15, -0.1) is 0 Å². The van der Waals surface area contributed by atoms with Crippen LogP contribution in [0.5, 0.6) is 0 Å². The van der Waals surface area contributed by atoms with Crippen molar-refractivity contribution in [1.29, 1.82) is 0 Å². The Morgan fingerprint density at radius 3 is 2.57 bits per heavy atom. The summed E-state index contributed by atoms with van der Waals surface area (Å²) in [6.45, 7) is 7.42. The molecule has 1 N–H and O–H groups in total. The molecule has 1 aromatic heterocycles. The van der Waals surface area contributed by atoms with E-state index in [4.69, 9.17) is 4.74 Å². The van der Waals surface area contributed by atoms with Crippen molar-refractivity contribution in [3.8, 4) is 11.3 Å². The quantitative estimate of drug-likeness (QED) is 0.733. The molecule has 0 radical (unpaired) electrons. The zero-order valence-corrected chi connectivity index (χ0v) is 16.5. The van der Waals surface area contributed by atoms with Crippen LogP contribution in [0, 0.1) is 0 Å². The van der Waals surface area contributed by atoms with E-state index in [1.165, 1.54) is 10.7 Å². The summed E-state index contributed by atoms with van der Waals surface area (Å²) in [6.07, 6.45) is 1.35. The number of aromatic nitrogens is 2. The van der Waals surface area contributed by atoms with Crippen LogP contribution in [-0.2, 0) is 16.1 Å². The van der Waals surface area contributed by atoms with Crippen molar-refractivity contribution in [2.75, 3.05) is 26.2 Å². The molecule has 150 valence electrons. The van der Waals surface area contributed by atoms with Gasteiger partial charge in [0.2, 0.25) is 5.91 Å². The van der Waals surface area contributed by atoms with Gasteiger partial charge in [-0.2, -0.15) is 5.10 Å². The number of nitrogens with one attached hydrogen (secondary N) is 1. The molecule has 0 saturated carbocycles. The molecular weight excluding hydrogens is 356 g/mol. The van der Waals surface area contributed by atoms with Crippen molar-refractivity contribution in [2.45, 2.75) is 39.0 Å². The first-order valence-electron chi connectivity index (χ1n) is 9.79. The summed E-state index contributed by atoms with van der Waals surface area (Å²) >= 11 is 0. The Morgan fingerprint density at radius 2 is 1.86 bits per heavy atom. The van der Waals surface area contributed by atoms with Crippen LogP contribution in [-0.4, -0.2) is 59.0 Å². The number of hydrogen-bond acceptors (Lipinski definition) is 5. The summed E-state index contributed by atoms with van der Waals surface area (Å²) in [6, 6.07) is 12.7. The summed E-state index contributed by atoms with van der Waals surface area (Å²) in [4.78, 5) is 26.6. The largest absolute Gasteiger partial charge is 0.373 e. The smallest absolute Gasteiger partial charge is 0.267 e. The maximum atomic E-state index is 12.2. The highest BCUT2D eigenvalue weighted by atomic mass is 16.5. The van der Waals surface area contributed by atoms with E-state index in [-0.39, 0.29) is 30.2 Å². The number of benzene rings is 1. The van der Waals surface area contributed by atoms with E-state index in [9.17, 15) is 9.59 Å². The minimum Gasteiger partial charge on any atom is -0.373 e. The average Bonchev–Trinajstić information content (AvgIpc) is 2.67. The second-order valence-corrected chi connectivity index (χ2v) is 7.30. The first-order chi connectivity index (χ1) is 13.5. The van der Waals surface area contributed by atoms with E-state index >= 15 is 0 Å². The van der Waals surface area contributed by atoms with E-state index < -0.39 is 0 Å². The maximum absolute atomic E-state index is 12.2. The lowest BCUT2D eigenvalue weighted by molar-refractivity contribution is -0.122. The highest BCUT2D eigenvalue weighted by Crippen LogP contribution is 2.14. The SMILES string of the molecule is CC1CN(CCCNC(=O)Cn2nc(-c3ccccc3)ccc2=O)CC(C)O1. The second-order valence-electron chi connectivity index (χ2n) is 7.30. The van der Waals surface area contributed by atoms with Crippen LogP contribution in [0.3, 0.4) is 0 Å². The number of rotatable bonds is 7. The fraction of sp³-hybridized carbons (Fsp3) is 0.476. The fourth-order valence-corrected chi connectivity index (χ4v) is 3.51. The number of carbonyl (C=O) groups is 1. The molecule has 0 spiro atoms. The number of nitrogens with zero attached hydrogens (tertiary/aromatic N) is 3. The third kappa shape index (κ3) is 5.74. The summed E-state index contributed by atoms with van der Waals surface area (Å²) in [5.41, 5.74) is 1.29. The lowest BCUT2D eigenvalue weighted by atomic mass is 10.1. The van der Waals surface area contributed by atoms with Gasteiger partial charge in [-0.3, -0.25) is 14.5 Å². The molecule has 2 atom stereocenters. The summed E-state index contributed by atoms with van der Waals surface area (Å²) < 4.78 is 6.94. The third-order valence-corrected chi connectivity index (χ3v) is 4.70. The average molecular weight is 384 g/mol. The van der Waals surface area contributed by atoms with E-state index in [1.807, 2.05) is 30.3 Å². The Kier molecular flexibility index (Phi) is 6.95. The third-order valence-electron chi connectivity index (χ3n) is 4.70. The van der Waals surface area contributed by atoms with E-state index in [2.05, 4.69) is 29.2 Å². The first-order valence-corrected chi connectivity index (χ1v) is 9.79. The first kappa shape index (κ1) is 20.2. The van der Waals surface area contributed by atoms with Crippen LogP contribution in [0.25, 0.3) is 11.3 Å². The molecule has 1 saturated heterocycles. The molecule has 1 aliphatic rings. The fourth-order valence-electron chi connectivity index (χ4n) is 3.51. The van der Waals surface area contributed by atoms with Gasteiger partial charge in [-0.1, -0.05) is 30.3 Å². The van der Waals surface area contributed by atoms with Crippen molar-refractivity contribution in [3.05, 3.63) is 52.8 Å². The van der Waals surface area contributed by atoms with Crippen LogP contribution in [0.1, 0.15) is 20.3 Å². The van der Waals surface area contributed by atoms with Gasteiger partial charge >= 0.3 is 0 Å². The molecule has 3 rings (SSSR count). The van der Waals surface area contributed by atoms with Crippen LogP contribution in [0.2, 0.25) is 0 Å². The van der Waals surface area contributed by atoms with Crippen molar-refractivity contribution in [2.24, 2.45) is 0 Å². The number of carbonyl (C=O) groups excluding carboxylic acids is 1. The van der Waals surface area contributed by atoms with Gasteiger partial charge in [0.25, 0.3) is 5.56 Å². The molecule has 0 bridgehead atoms. The van der Waals surface area contributed by atoms with Gasteiger partial charge in [-0.05, 0) is 26.3 Å². The van der Waals surface area contributed by atoms with Crippen molar-refractivity contribution in [1.82, 2.24) is 20.0 Å². The predicted molar refractivity (Wildman–Crippen MR) is 108 cm³/mol. The summed E-state index contributed by atoms with van der Waals surface area (Å²) in [5.74, 6) is -0.205. The van der Waals surface area contributed by atoms with Crippen LogP contribution in [0.15, 0.2) is 47.3 Å². The highest BCUT2D eigenvalue weighted by molar-refractivity contribution is 5.75. The Morgan fingerprint density at radius 1 is 1.14 bits per heavy atom. The number of ether oxygens (including phenoxy) is 1. The molecule has 1 aromatic carbocycles. The standard InChI is InChI=1S/C21H28N4O3/c1-16-13-24(14-17(2)28-16)12-6-11-22-20(26)15-25-21(27)10-9-19(23-25)18-7-4-3-5-8-18/h3-5,7-10,16-17H,6,11-15H2,1-2H3,(H,22,26). The molecule has 0 aliphatic carbocycles. The summed E-state index contributed by atoms with van der Waals surface area (Å²) in [5, 5.41) is 7.21. The maximum Gasteiger partial charge on any atom is 0.267 e. The van der Waals surface area contributed by atoms with Gasteiger partial charge in [0.15, 0.2) is 0 Å². The number of morpholine rings is 1. The molecule has 2 aromatic rings. The Hall–Kier alpha value is -2.51. The second kappa shape index (κ2) is 9.61. The van der Waals surface area contributed by atoms with Gasteiger partial charge in [0.05, 0.1) is 17.9 Å². The highest BCUT2D eigenvalue weighted by Gasteiger charge is 2.21. The van der Waals surface area contributed by atoms with E-state index in [1.54, 1.807) is 6.07 Å². The van der Waals surface area contributed by atoms with Gasteiger partial charge < -0.3 is 10.1 Å². The Labute approximate surface area is 165 Å². The van der Waals surface area contributed by atoms with Crippen molar-refractivity contribution < 1.29 is 9.53 Å². The molecule has 28 heavy (non-hydrogen) atoms. The topological polar surface area (TPSA) is 76.5 Å². The monoisotopic (exact) mass is 384 g/mol. The molecule has 1 amide bonds. The summed E-state index contributed by atoms with van der Waals surface area (Å²) in [7, 11) is 0. The Bertz CT molecular complexity index is 827. The Balaban J connectivity index is 1.48. The normalized spacial score (nSPS) is 20.1. The zero-order valence-electron chi connectivity index (χ0n) is 16.5.